The quantitative estimate of drug-likeness (QED) is 0.590. The van der Waals surface area contributed by atoms with E-state index < -0.39 is 10.0 Å². The highest BCUT2D eigenvalue weighted by molar-refractivity contribution is 8.01. The normalized spacial score (nSPS) is 15.7. The molecule has 0 saturated carbocycles. The third kappa shape index (κ3) is 5.82. The number of hydrogen-bond acceptors (Lipinski definition) is 8. The number of amides is 1. The van der Waals surface area contributed by atoms with Gasteiger partial charge in [0.05, 0.1) is 21.4 Å². The molecule has 2 N–H and O–H groups in total. The third-order valence-corrected chi connectivity index (χ3v) is 8.66. The van der Waals surface area contributed by atoms with Gasteiger partial charge in [0, 0.05) is 20.1 Å². The highest BCUT2D eigenvalue weighted by atomic mass is 35.5. The van der Waals surface area contributed by atoms with Crippen molar-refractivity contribution in [1.29, 1.82) is 0 Å². The van der Waals surface area contributed by atoms with E-state index >= 15 is 0 Å². The fourth-order valence-corrected chi connectivity index (χ4v) is 6.09. The highest BCUT2D eigenvalue weighted by Crippen LogP contribution is 2.29. The predicted molar refractivity (Wildman–Crippen MR) is 117 cm³/mol. The van der Waals surface area contributed by atoms with E-state index in [1.807, 2.05) is 0 Å². The maximum Gasteiger partial charge on any atom is 0.243 e. The van der Waals surface area contributed by atoms with E-state index in [4.69, 9.17) is 11.6 Å². The highest BCUT2D eigenvalue weighted by Gasteiger charge is 2.26. The van der Waals surface area contributed by atoms with Crippen molar-refractivity contribution in [3.8, 4) is 0 Å². The Balaban J connectivity index is 1.68. The molecule has 2 aromatic rings. The first kappa shape index (κ1) is 22.3. The van der Waals surface area contributed by atoms with Gasteiger partial charge in [-0.1, -0.05) is 47.5 Å². The van der Waals surface area contributed by atoms with Crippen LogP contribution in [0.1, 0.15) is 25.7 Å². The zero-order valence-corrected chi connectivity index (χ0v) is 19.1. The van der Waals surface area contributed by atoms with Crippen molar-refractivity contribution >= 4 is 61.4 Å². The molecule has 1 amide bonds. The minimum Gasteiger partial charge on any atom is -0.363 e. The molecule has 12 heteroatoms. The van der Waals surface area contributed by atoms with Crippen molar-refractivity contribution in [2.45, 2.75) is 34.9 Å². The van der Waals surface area contributed by atoms with Gasteiger partial charge in [0.15, 0.2) is 4.34 Å². The minimum atomic E-state index is -3.62. The van der Waals surface area contributed by atoms with Crippen molar-refractivity contribution in [2.24, 2.45) is 0 Å². The second-order valence-corrected chi connectivity index (χ2v) is 11.0. The van der Waals surface area contributed by atoms with Crippen LogP contribution in [-0.4, -0.2) is 54.7 Å². The smallest absolute Gasteiger partial charge is 0.243 e. The largest absolute Gasteiger partial charge is 0.363 e. The molecule has 2 heterocycles. The van der Waals surface area contributed by atoms with Crippen LogP contribution < -0.4 is 10.6 Å². The average Bonchev–Trinajstić information content (AvgIpc) is 2.98. The Morgan fingerprint density at radius 3 is 2.62 bits per heavy atom. The van der Waals surface area contributed by atoms with Crippen LogP contribution in [0, 0.1) is 0 Å². The Morgan fingerprint density at radius 2 is 1.97 bits per heavy atom. The molecule has 0 spiro atoms. The van der Waals surface area contributed by atoms with E-state index in [-0.39, 0.29) is 27.3 Å². The molecule has 8 nitrogen and oxygen atoms in total. The van der Waals surface area contributed by atoms with Gasteiger partial charge in [-0.05, 0) is 31.0 Å². The van der Waals surface area contributed by atoms with E-state index in [0.717, 1.165) is 25.7 Å². The minimum absolute atomic E-state index is 0.109. The molecule has 0 unspecified atom stereocenters. The van der Waals surface area contributed by atoms with Crippen LogP contribution in [0.3, 0.4) is 0 Å². The van der Waals surface area contributed by atoms with Crippen LogP contribution in [0.15, 0.2) is 27.4 Å². The first-order valence-electron chi connectivity index (χ1n) is 9.14. The van der Waals surface area contributed by atoms with E-state index in [0.29, 0.717) is 22.6 Å². The summed E-state index contributed by atoms with van der Waals surface area (Å²) in [5.41, 5.74) is 0.279. The summed E-state index contributed by atoms with van der Waals surface area (Å²) in [5, 5.41) is 14.4. The van der Waals surface area contributed by atoms with Crippen molar-refractivity contribution in [1.82, 2.24) is 14.5 Å². The van der Waals surface area contributed by atoms with Crippen molar-refractivity contribution in [3.63, 3.8) is 0 Å². The Hall–Kier alpha value is -1.40. The van der Waals surface area contributed by atoms with Gasteiger partial charge in [0.1, 0.15) is 0 Å². The zero-order valence-electron chi connectivity index (χ0n) is 15.9. The van der Waals surface area contributed by atoms with Gasteiger partial charge in [0.2, 0.25) is 21.1 Å². The maximum atomic E-state index is 13.0. The predicted octanol–water partition coefficient (Wildman–Crippen LogP) is 3.53. The molecule has 1 aromatic carbocycles. The van der Waals surface area contributed by atoms with Gasteiger partial charge in [-0.25, -0.2) is 8.42 Å². The van der Waals surface area contributed by atoms with Gasteiger partial charge in [-0.3, -0.25) is 4.79 Å². The topological polar surface area (TPSA) is 104 Å². The fourth-order valence-electron chi connectivity index (χ4n) is 2.87. The van der Waals surface area contributed by atoms with Crippen LogP contribution in [0.2, 0.25) is 5.02 Å². The molecule has 3 rings (SSSR count). The summed E-state index contributed by atoms with van der Waals surface area (Å²) in [6.45, 7) is 1.03. The number of aromatic nitrogens is 2. The number of nitrogens with zero attached hydrogens (tertiary/aromatic N) is 3. The number of carbonyl (C=O) groups excluding carboxylic acids is 1. The first-order valence-corrected chi connectivity index (χ1v) is 12.8. The molecule has 1 aliphatic heterocycles. The summed E-state index contributed by atoms with van der Waals surface area (Å²) in [7, 11) is -1.87. The summed E-state index contributed by atoms with van der Waals surface area (Å²) >= 11 is 8.78. The molecule has 0 radical (unpaired) electrons. The Bertz CT molecular complexity index is 959. The molecular weight excluding hydrogens is 454 g/mol. The zero-order chi connectivity index (χ0) is 20.9. The average molecular weight is 476 g/mol. The van der Waals surface area contributed by atoms with E-state index in [9.17, 15) is 13.2 Å². The van der Waals surface area contributed by atoms with Gasteiger partial charge >= 0.3 is 0 Å². The van der Waals surface area contributed by atoms with E-state index in [1.165, 1.54) is 45.6 Å². The number of thioether (sulfide) groups is 1. The molecule has 1 fully saturated rings. The third-order valence-electron chi connectivity index (χ3n) is 4.36. The summed E-state index contributed by atoms with van der Waals surface area (Å²) in [6, 6.07) is 4.40. The SMILES string of the molecule is CNc1nnc(SCC(=O)Nc2cc(S(=O)(=O)N3CCCCCC3)ccc2Cl)s1. The first-order chi connectivity index (χ1) is 13.9. The second-order valence-electron chi connectivity index (χ2n) is 6.42. The number of benzene rings is 1. The number of anilines is 2. The van der Waals surface area contributed by atoms with E-state index in [1.54, 1.807) is 7.05 Å². The van der Waals surface area contributed by atoms with Crippen LogP contribution in [0.5, 0.6) is 0 Å². The molecule has 0 bridgehead atoms. The molecule has 29 heavy (non-hydrogen) atoms. The number of sulfonamides is 1. The Kier molecular flexibility index (Phi) is 7.74. The van der Waals surface area contributed by atoms with Gasteiger partial charge < -0.3 is 10.6 Å². The fraction of sp³-hybridized carbons (Fsp3) is 0.471. The number of hydrogen-bond donors (Lipinski definition) is 2. The number of rotatable bonds is 7. The standard InChI is InChI=1S/C17H22ClN5O3S3/c1-19-16-21-22-17(28-16)27-11-15(24)20-14-10-12(6-7-13(14)18)29(25,26)23-8-4-2-3-5-9-23/h6-7,10H,2-5,8-9,11H2,1H3,(H,19,21)(H,20,24). The van der Waals surface area contributed by atoms with Gasteiger partial charge in [-0.2, -0.15) is 4.31 Å². The van der Waals surface area contributed by atoms with Crippen molar-refractivity contribution < 1.29 is 13.2 Å². The van der Waals surface area contributed by atoms with Crippen molar-refractivity contribution in [2.75, 3.05) is 36.5 Å². The Morgan fingerprint density at radius 1 is 1.24 bits per heavy atom. The maximum absolute atomic E-state index is 13.0. The summed E-state index contributed by atoms with van der Waals surface area (Å²) in [5.74, 6) is -0.194. The van der Waals surface area contributed by atoms with E-state index in [2.05, 4.69) is 20.8 Å². The Labute approximate surface area is 183 Å². The molecule has 0 atom stereocenters. The lowest BCUT2D eigenvalue weighted by molar-refractivity contribution is -0.113. The van der Waals surface area contributed by atoms with Gasteiger partial charge in [0.25, 0.3) is 0 Å². The monoisotopic (exact) mass is 475 g/mol. The lowest BCUT2D eigenvalue weighted by atomic mass is 10.2. The van der Waals surface area contributed by atoms with Crippen LogP contribution >= 0.6 is 34.7 Å². The molecule has 0 aliphatic carbocycles. The number of halogens is 1. The summed E-state index contributed by atoms with van der Waals surface area (Å²) in [4.78, 5) is 12.4. The molecule has 1 saturated heterocycles. The lowest BCUT2D eigenvalue weighted by Crippen LogP contribution is -2.32. The number of nitrogens with one attached hydrogen (secondary N) is 2. The molecule has 158 valence electrons. The summed E-state index contributed by atoms with van der Waals surface area (Å²) < 4.78 is 28.1. The summed E-state index contributed by atoms with van der Waals surface area (Å²) in [6.07, 6.45) is 3.79. The second kappa shape index (κ2) is 10.1. The molecular formula is C17H22ClN5O3S3. The van der Waals surface area contributed by atoms with Crippen LogP contribution in [-0.2, 0) is 14.8 Å². The van der Waals surface area contributed by atoms with Gasteiger partial charge in [-0.15, -0.1) is 10.2 Å². The van der Waals surface area contributed by atoms with Crippen LogP contribution in [0.25, 0.3) is 0 Å². The molecule has 1 aliphatic rings. The number of carbonyl (C=O) groups is 1. The lowest BCUT2D eigenvalue weighted by Gasteiger charge is -2.20. The van der Waals surface area contributed by atoms with Crippen LogP contribution in [0.4, 0.5) is 10.8 Å². The molecule has 1 aromatic heterocycles. The van der Waals surface area contributed by atoms with Crippen molar-refractivity contribution in [3.05, 3.63) is 23.2 Å².